The zero-order valence-electron chi connectivity index (χ0n) is 19.4. The Morgan fingerprint density at radius 1 is 0.781 bits per heavy atom. The van der Waals surface area contributed by atoms with Crippen molar-refractivity contribution >= 4 is 3.76 Å². The van der Waals surface area contributed by atoms with Gasteiger partial charge < -0.3 is 0 Å². The summed E-state index contributed by atoms with van der Waals surface area (Å²) in [5, 5.41) is 0. The van der Waals surface area contributed by atoms with Crippen molar-refractivity contribution in [2.45, 2.75) is 47.4 Å². The summed E-state index contributed by atoms with van der Waals surface area (Å²) in [5.74, 6) is 0. The zero-order valence-corrected chi connectivity index (χ0v) is 23.0. The van der Waals surface area contributed by atoms with E-state index in [2.05, 4.69) is 109 Å². The predicted octanol–water partition coefficient (Wildman–Crippen LogP) is 8.10. The molecule has 3 aromatic rings. The summed E-state index contributed by atoms with van der Waals surface area (Å²) >= 11 is -2.38. The van der Waals surface area contributed by atoms with Gasteiger partial charge in [-0.25, -0.2) is 0 Å². The molecule has 0 atom stereocenters. The van der Waals surface area contributed by atoms with Gasteiger partial charge in [-0.1, -0.05) is 0 Å². The molecular weight excluding hydrogens is 551 g/mol. The van der Waals surface area contributed by atoms with Crippen LogP contribution in [0.1, 0.15) is 56.8 Å². The number of hydrogen-bond acceptors (Lipinski definition) is 0. The van der Waals surface area contributed by atoms with Crippen LogP contribution < -0.4 is 0 Å². The van der Waals surface area contributed by atoms with Gasteiger partial charge in [0.05, 0.1) is 0 Å². The third-order valence-corrected chi connectivity index (χ3v) is 18.1. The third kappa shape index (κ3) is 4.25. The number of allylic oxidation sites excluding steroid dienone is 4. The van der Waals surface area contributed by atoms with Gasteiger partial charge in [0.15, 0.2) is 0 Å². The second-order valence-electron chi connectivity index (χ2n) is 9.40. The van der Waals surface area contributed by atoms with Crippen LogP contribution in [0.25, 0.3) is 11.1 Å². The quantitative estimate of drug-likeness (QED) is 0.258. The van der Waals surface area contributed by atoms with Gasteiger partial charge in [0, 0.05) is 0 Å². The molecule has 32 heavy (non-hydrogen) atoms. The first-order chi connectivity index (χ1) is 15.6. The number of fused-ring (bicyclic) bond motifs is 3. The van der Waals surface area contributed by atoms with E-state index in [0.717, 1.165) is 0 Å². The molecule has 0 heterocycles. The molecule has 2 aliphatic rings. The summed E-state index contributed by atoms with van der Waals surface area (Å²) in [4.78, 5) is 0. The van der Waals surface area contributed by atoms with Gasteiger partial charge in [-0.05, 0) is 0 Å². The van der Waals surface area contributed by atoms with E-state index in [-0.39, 0.29) is 0 Å². The zero-order chi connectivity index (χ0) is 22.1. The molecule has 0 aliphatic heterocycles. The van der Waals surface area contributed by atoms with Crippen molar-refractivity contribution in [2.24, 2.45) is 0 Å². The summed E-state index contributed by atoms with van der Waals surface area (Å²) in [6, 6.07) is 23.7. The minimum atomic E-state index is -2.38. The van der Waals surface area contributed by atoms with Gasteiger partial charge in [0.2, 0.25) is 0 Å². The molecule has 1 heteroatoms. The second kappa shape index (κ2) is 9.40. The van der Waals surface area contributed by atoms with Gasteiger partial charge in [0.1, 0.15) is 0 Å². The molecule has 0 unspecified atom stereocenters. The first-order valence-electron chi connectivity index (χ1n) is 12.0. The van der Waals surface area contributed by atoms with Crippen molar-refractivity contribution in [1.29, 1.82) is 0 Å². The summed E-state index contributed by atoms with van der Waals surface area (Å²) < 4.78 is 3.96. The molecule has 5 rings (SSSR count). The van der Waals surface area contributed by atoms with Crippen molar-refractivity contribution < 1.29 is 21.0 Å². The first kappa shape index (κ1) is 21.7. The standard InChI is InChI=1S/C15H13.C11H14.C5H5.Hf/c1-10-3-5-14-12(7-10)9-13-8-11(2)4-6-15(13)14;1-3-4-5-11-8-6-10(2)7-9-11;1-2-4-5-3-1;/h3-9H,1-2H3;2,6-9H,3-5H2,1H3;1-5H;. The van der Waals surface area contributed by atoms with Gasteiger partial charge in [0.25, 0.3) is 0 Å². The molecule has 0 saturated heterocycles. The maximum atomic E-state index is 2.74. The van der Waals surface area contributed by atoms with Crippen molar-refractivity contribution in [3.8, 4) is 11.1 Å². The Morgan fingerprint density at radius 2 is 1.38 bits per heavy atom. The van der Waals surface area contributed by atoms with Crippen LogP contribution in [0.5, 0.6) is 0 Å². The Morgan fingerprint density at radius 3 is 1.94 bits per heavy atom. The van der Waals surface area contributed by atoms with Crippen LogP contribution >= 0.6 is 0 Å². The summed E-state index contributed by atoms with van der Waals surface area (Å²) in [5.41, 5.74) is 11.7. The van der Waals surface area contributed by atoms with Crippen molar-refractivity contribution in [3.63, 3.8) is 0 Å². The summed E-state index contributed by atoms with van der Waals surface area (Å²) in [7, 11) is 0. The van der Waals surface area contributed by atoms with E-state index in [1.165, 1.54) is 52.6 Å². The SMILES string of the molecule is CCCCc1ccc([CH]=[Hf]([CH]2C=CC=C2)[CH]2c3cc(C)ccc3-c3ccc(C)cc32)cc1. The molecule has 0 amide bonds. The van der Waals surface area contributed by atoms with Crippen LogP contribution in [-0.2, 0) is 27.4 Å². The van der Waals surface area contributed by atoms with Crippen LogP contribution in [0.3, 0.4) is 0 Å². The number of benzene rings is 3. The van der Waals surface area contributed by atoms with E-state index in [9.17, 15) is 0 Å². The Hall–Kier alpha value is -2.12. The van der Waals surface area contributed by atoms with Gasteiger partial charge >= 0.3 is 202 Å². The third-order valence-electron chi connectivity index (χ3n) is 6.92. The van der Waals surface area contributed by atoms with E-state index in [4.69, 9.17) is 0 Å². The van der Waals surface area contributed by atoms with Gasteiger partial charge in [-0.15, -0.1) is 0 Å². The maximum absolute atomic E-state index is 2.74. The van der Waals surface area contributed by atoms with Crippen LogP contribution in [0, 0.1) is 13.8 Å². The van der Waals surface area contributed by atoms with Crippen LogP contribution in [0.2, 0.25) is 3.67 Å². The molecule has 0 aromatic heterocycles. The van der Waals surface area contributed by atoms with Crippen molar-refractivity contribution in [1.82, 2.24) is 0 Å². The number of rotatable bonds is 6. The molecule has 0 fully saturated rings. The van der Waals surface area contributed by atoms with Crippen molar-refractivity contribution in [3.05, 3.63) is 118 Å². The second-order valence-corrected chi connectivity index (χ2v) is 18.5. The number of unbranched alkanes of at least 4 members (excludes halogenated alkanes) is 1. The van der Waals surface area contributed by atoms with E-state index in [1.54, 1.807) is 11.1 Å². The molecule has 0 spiro atoms. The Bertz CT molecular complexity index is 1160. The van der Waals surface area contributed by atoms with Crippen molar-refractivity contribution in [2.75, 3.05) is 0 Å². The van der Waals surface area contributed by atoms with Gasteiger partial charge in [-0.3, -0.25) is 0 Å². The van der Waals surface area contributed by atoms with E-state index in [0.29, 0.717) is 7.35 Å². The van der Waals surface area contributed by atoms with E-state index < -0.39 is 21.0 Å². The Kier molecular flexibility index (Phi) is 6.37. The fraction of sp³-hybridized carbons (Fsp3) is 0.258. The van der Waals surface area contributed by atoms with Crippen LogP contribution in [0.15, 0.2) is 85.0 Å². The molecule has 0 N–H and O–H groups in total. The molecule has 0 bridgehead atoms. The summed E-state index contributed by atoms with van der Waals surface area (Å²) in [6.45, 7) is 6.75. The molecule has 0 saturated carbocycles. The normalized spacial score (nSPS) is 15.4. The fourth-order valence-electron chi connectivity index (χ4n) is 5.24. The fourth-order valence-corrected chi connectivity index (χ4v) is 16.7. The molecule has 0 nitrogen and oxygen atoms in total. The average Bonchev–Trinajstić information content (AvgIpc) is 3.43. The van der Waals surface area contributed by atoms with E-state index in [1.807, 2.05) is 0 Å². The molecule has 0 radical (unpaired) electrons. The van der Waals surface area contributed by atoms with Gasteiger partial charge in [-0.2, -0.15) is 0 Å². The number of hydrogen-bond donors (Lipinski definition) is 0. The number of aryl methyl sites for hydroxylation is 3. The topological polar surface area (TPSA) is 0 Å². The molecule has 3 aromatic carbocycles. The van der Waals surface area contributed by atoms with Crippen LogP contribution in [0.4, 0.5) is 0 Å². The predicted molar refractivity (Wildman–Crippen MR) is 135 cm³/mol. The first-order valence-corrected chi connectivity index (χ1v) is 18.2. The average molecular weight is 583 g/mol. The summed E-state index contributed by atoms with van der Waals surface area (Å²) in [6.07, 6.45) is 13.2. The minimum absolute atomic E-state index is 0.585. The molecular formula is C31H32Hf. The van der Waals surface area contributed by atoms with E-state index >= 15 is 0 Å². The Balaban J connectivity index is 1.64. The monoisotopic (exact) mass is 584 g/mol. The molecule has 2 aliphatic carbocycles. The molecule has 160 valence electrons. The van der Waals surface area contributed by atoms with Crippen LogP contribution in [-0.4, -0.2) is 3.76 Å². The Labute approximate surface area is 200 Å².